The van der Waals surface area contributed by atoms with E-state index in [1.807, 2.05) is 54.6 Å². The van der Waals surface area contributed by atoms with Gasteiger partial charge in [-0.15, -0.1) is 5.10 Å². The van der Waals surface area contributed by atoms with Crippen molar-refractivity contribution in [2.75, 3.05) is 19.4 Å². The Morgan fingerprint density at radius 3 is 2.09 bits per heavy atom. The molecule has 168 valence electrons. The lowest BCUT2D eigenvalue weighted by Crippen LogP contribution is -2.22. The Balaban J connectivity index is 1.39. The van der Waals surface area contributed by atoms with E-state index in [-0.39, 0.29) is 29.1 Å². The highest BCUT2D eigenvalue weighted by Gasteiger charge is 2.18. The number of anilines is 1. The van der Waals surface area contributed by atoms with Crippen LogP contribution in [0.1, 0.15) is 5.56 Å². The highest BCUT2D eigenvalue weighted by Crippen LogP contribution is 2.23. The van der Waals surface area contributed by atoms with Crippen molar-refractivity contribution < 1.29 is 17.6 Å². The number of nitrogens with zero attached hydrogens (tertiary/aromatic N) is 3. The van der Waals surface area contributed by atoms with Gasteiger partial charge in [0.05, 0.1) is 11.3 Å². The van der Waals surface area contributed by atoms with Crippen LogP contribution >= 0.6 is 0 Å². The zero-order chi connectivity index (χ0) is 23.4. The third kappa shape index (κ3) is 5.16. The first kappa shape index (κ1) is 22.4. The number of sulfonamides is 1. The van der Waals surface area contributed by atoms with E-state index >= 15 is 0 Å². The molecule has 0 spiro atoms. The van der Waals surface area contributed by atoms with E-state index in [1.54, 1.807) is 12.1 Å². The molecule has 1 N–H and O–H groups in total. The third-order valence-corrected chi connectivity index (χ3v) is 6.81. The van der Waals surface area contributed by atoms with Crippen LogP contribution in [0.2, 0.25) is 0 Å². The van der Waals surface area contributed by atoms with Crippen molar-refractivity contribution in [2.24, 2.45) is 0 Å². The molecule has 0 aliphatic rings. The maximum absolute atomic E-state index is 12.4. The molecule has 0 saturated heterocycles. The summed E-state index contributed by atoms with van der Waals surface area (Å²) in [7, 11) is -0.593. The van der Waals surface area contributed by atoms with Crippen LogP contribution in [0.25, 0.3) is 22.6 Å². The molecule has 0 fully saturated rings. The van der Waals surface area contributed by atoms with Gasteiger partial charge in [0, 0.05) is 19.7 Å². The SMILES string of the molecule is CN(C)S(=O)(=O)c1ccc(-c2nnc(NC(=O)Cc3ccc(-c4ccccc4)cc3)o2)cc1. The van der Waals surface area contributed by atoms with Gasteiger partial charge < -0.3 is 4.42 Å². The Bertz CT molecular complexity index is 1350. The standard InChI is InChI=1S/C24H22N4O4S/c1-28(2)33(30,31)21-14-12-20(13-15-21)23-26-27-24(32-23)25-22(29)16-17-8-10-19(11-9-17)18-6-4-3-5-7-18/h3-15H,16H2,1-2H3,(H,25,27,29). The van der Waals surface area contributed by atoms with Gasteiger partial charge in [-0.1, -0.05) is 59.7 Å². The van der Waals surface area contributed by atoms with Crippen molar-refractivity contribution in [3.63, 3.8) is 0 Å². The molecular weight excluding hydrogens is 440 g/mol. The minimum Gasteiger partial charge on any atom is -0.403 e. The first-order valence-corrected chi connectivity index (χ1v) is 11.6. The molecule has 1 amide bonds. The van der Waals surface area contributed by atoms with Crippen molar-refractivity contribution in [1.82, 2.24) is 14.5 Å². The molecule has 0 unspecified atom stereocenters. The van der Waals surface area contributed by atoms with Crippen molar-refractivity contribution in [1.29, 1.82) is 0 Å². The van der Waals surface area contributed by atoms with E-state index in [4.69, 9.17) is 4.42 Å². The Morgan fingerprint density at radius 2 is 1.45 bits per heavy atom. The Hall–Kier alpha value is -3.82. The summed E-state index contributed by atoms with van der Waals surface area (Å²) >= 11 is 0. The molecule has 0 atom stereocenters. The van der Waals surface area contributed by atoms with E-state index in [2.05, 4.69) is 15.5 Å². The predicted molar refractivity (Wildman–Crippen MR) is 125 cm³/mol. The van der Waals surface area contributed by atoms with E-state index in [0.717, 1.165) is 21.0 Å². The van der Waals surface area contributed by atoms with Gasteiger partial charge >= 0.3 is 6.01 Å². The number of carbonyl (C=O) groups excluding carboxylic acids is 1. The second kappa shape index (κ2) is 9.35. The maximum Gasteiger partial charge on any atom is 0.322 e. The van der Waals surface area contributed by atoms with Crippen LogP contribution < -0.4 is 5.32 Å². The molecular formula is C24H22N4O4S. The summed E-state index contributed by atoms with van der Waals surface area (Å²) in [4.78, 5) is 12.5. The zero-order valence-corrected chi connectivity index (χ0v) is 18.9. The number of rotatable bonds is 7. The Kier molecular flexibility index (Phi) is 6.34. The summed E-state index contributed by atoms with van der Waals surface area (Å²) in [5, 5.41) is 10.4. The number of nitrogens with one attached hydrogen (secondary N) is 1. The van der Waals surface area contributed by atoms with Gasteiger partial charge in [0.2, 0.25) is 21.8 Å². The van der Waals surface area contributed by atoms with E-state index in [1.165, 1.54) is 26.2 Å². The molecule has 33 heavy (non-hydrogen) atoms. The number of carbonyl (C=O) groups is 1. The molecule has 0 bridgehead atoms. The number of hydrogen-bond acceptors (Lipinski definition) is 6. The van der Waals surface area contributed by atoms with Crippen LogP contribution in [0.4, 0.5) is 6.01 Å². The number of aromatic nitrogens is 2. The summed E-state index contributed by atoms with van der Waals surface area (Å²) in [5.74, 6) is -0.114. The summed E-state index contributed by atoms with van der Waals surface area (Å²) in [6.07, 6.45) is 0.157. The van der Waals surface area contributed by atoms with Crippen LogP contribution in [0.5, 0.6) is 0 Å². The average Bonchev–Trinajstić information content (AvgIpc) is 3.28. The number of hydrogen-bond donors (Lipinski definition) is 1. The minimum atomic E-state index is -3.53. The lowest BCUT2D eigenvalue weighted by molar-refractivity contribution is -0.115. The van der Waals surface area contributed by atoms with Gasteiger partial charge in [0.15, 0.2) is 0 Å². The molecule has 9 heteroatoms. The van der Waals surface area contributed by atoms with Crippen LogP contribution in [0.3, 0.4) is 0 Å². The van der Waals surface area contributed by atoms with Crippen molar-refractivity contribution in [3.8, 4) is 22.6 Å². The Morgan fingerprint density at radius 1 is 0.848 bits per heavy atom. The van der Waals surface area contributed by atoms with E-state index < -0.39 is 10.0 Å². The van der Waals surface area contributed by atoms with Gasteiger partial charge in [-0.05, 0) is 41.0 Å². The monoisotopic (exact) mass is 462 g/mol. The molecule has 1 aromatic heterocycles. The van der Waals surface area contributed by atoms with Gasteiger partial charge in [-0.2, -0.15) is 0 Å². The van der Waals surface area contributed by atoms with E-state index in [9.17, 15) is 13.2 Å². The second-order valence-corrected chi connectivity index (χ2v) is 9.66. The van der Waals surface area contributed by atoms with Crippen LogP contribution in [0.15, 0.2) is 88.2 Å². The fourth-order valence-corrected chi connectivity index (χ4v) is 4.07. The molecule has 0 aliphatic heterocycles. The summed E-state index contributed by atoms with van der Waals surface area (Å²) < 4.78 is 31.0. The van der Waals surface area contributed by atoms with Crippen LogP contribution in [0, 0.1) is 0 Å². The molecule has 0 saturated carbocycles. The molecule has 4 rings (SSSR count). The molecule has 1 heterocycles. The predicted octanol–water partition coefficient (Wildman–Crippen LogP) is 3.84. The van der Waals surface area contributed by atoms with Gasteiger partial charge in [0.25, 0.3) is 0 Å². The Labute approximate surface area is 191 Å². The largest absolute Gasteiger partial charge is 0.403 e. The zero-order valence-electron chi connectivity index (χ0n) is 18.1. The normalized spacial score (nSPS) is 11.5. The highest BCUT2D eigenvalue weighted by molar-refractivity contribution is 7.89. The fourth-order valence-electron chi connectivity index (χ4n) is 3.17. The number of benzene rings is 3. The van der Waals surface area contributed by atoms with Crippen molar-refractivity contribution >= 4 is 21.9 Å². The van der Waals surface area contributed by atoms with Gasteiger partial charge in [-0.3, -0.25) is 10.1 Å². The average molecular weight is 463 g/mol. The van der Waals surface area contributed by atoms with Gasteiger partial charge in [-0.25, -0.2) is 12.7 Å². The molecule has 8 nitrogen and oxygen atoms in total. The topological polar surface area (TPSA) is 105 Å². The van der Waals surface area contributed by atoms with Crippen LogP contribution in [-0.2, 0) is 21.2 Å². The fraction of sp³-hybridized carbons (Fsp3) is 0.125. The lowest BCUT2D eigenvalue weighted by atomic mass is 10.0. The van der Waals surface area contributed by atoms with E-state index in [0.29, 0.717) is 5.56 Å². The first-order valence-electron chi connectivity index (χ1n) is 10.1. The summed E-state index contributed by atoms with van der Waals surface area (Å²) in [6, 6.07) is 23.8. The smallest absolute Gasteiger partial charge is 0.322 e. The van der Waals surface area contributed by atoms with Crippen molar-refractivity contribution in [3.05, 3.63) is 84.4 Å². The summed E-state index contributed by atoms with van der Waals surface area (Å²) in [6.45, 7) is 0. The number of amides is 1. The first-order chi connectivity index (χ1) is 15.8. The molecule has 0 radical (unpaired) electrons. The molecule has 0 aliphatic carbocycles. The minimum absolute atomic E-state index is 0.0269. The quantitative estimate of drug-likeness (QED) is 0.447. The second-order valence-electron chi connectivity index (χ2n) is 7.51. The highest BCUT2D eigenvalue weighted by atomic mass is 32.2. The van der Waals surface area contributed by atoms with Crippen molar-refractivity contribution in [2.45, 2.75) is 11.3 Å². The molecule has 3 aromatic carbocycles. The maximum atomic E-state index is 12.4. The molecule has 4 aromatic rings. The third-order valence-electron chi connectivity index (χ3n) is 4.98. The summed E-state index contributed by atoms with van der Waals surface area (Å²) in [5.41, 5.74) is 3.58. The lowest BCUT2D eigenvalue weighted by Gasteiger charge is -2.11. The van der Waals surface area contributed by atoms with Gasteiger partial charge in [0.1, 0.15) is 0 Å². The van der Waals surface area contributed by atoms with Crippen LogP contribution in [-0.4, -0.2) is 42.9 Å².